The second-order valence-electron chi connectivity index (χ2n) is 7.89. The number of carbonyl (C=O) groups excluding carboxylic acids is 1. The van der Waals surface area contributed by atoms with E-state index < -0.39 is 5.91 Å². The van der Waals surface area contributed by atoms with Gasteiger partial charge in [0.05, 0.1) is 20.8 Å². The Bertz CT molecular complexity index is 1430. The zero-order chi connectivity index (χ0) is 25.2. The van der Waals surface area contributed by atoms with Gasteiger partial charge in [-0.2, -0.15) is 0 Å². The number of nitrogens with zero attached hydrogens (tertiary/aromatic N) is 4. The molecule has 3 N–H and O–H groups in total. The summed E-state index contributed by atoms with van der Waals surface area (Å²) in [6.45, 7) is 2.88. The minimum absolute atomic E-state index is 0.00819. The molecule has 5 rings (SSSR count). The molecule has 12 nitrogen and oxygen atoms in total. The maximum Gasteiger partial charge on any atom is 0.280 e. The minimum atomic E-state index is -0.502. The number of oxazole rings is 1. The van der Waals surface area contributed by atoms with Crippen molar-refractivity contribution in [3.05, 3.63) is 53.5 Å². The zero-order valence-electron chi connectivity index (χ0n) is 19.9. The van der Waals surface area contributed by atoms with Crippen LogP contribution < -0.4 is 30.0 Å². The average Bonchev–Trinajstić information content (AvgIpc) is 3.45. The van der Waals surface area contributed by atoms with E-state index in [2.05, 4.69) is 20.6 Å². The fourth-order valence-corrected chi connectivity index (χ4v) is 3.72. The quantitative estimate of drug-likeness (QED) is 0.394. The van der Waals surface area contributed by atoms with Crippen molar-refractivity contribution in [1.82, 2.24) is 20.0 Å². The maximum absolute atomic E-state index is 12.8. The van der Waals surface area contributed by atoms with E-state index in [0.717, 1.165) is 0 Å². The number of aryl methyl sites for hydroxylation is 1. The van der Waals surface area contributed by atoms with E-state index in [1.54, 1.807) is 51.5 Å². The highest BCUT2D eigenvalue weighted by atomic mass is 16.6. The van der Waals surface area contributed by atoms with E-state index >= 15 is 0 Å². The van der Waals surface area contributed by atoms with Gasteiger partial charge >= 0.3 is 0 Å². The van der Waals surface area contributed by atoms with Crippen LogP contribution in [-0.2, 0) is 6.54 Å². The molecule has 4 aromatic rings. The van der Waals surface area contributed by atoms with E-state index in [1.807, 2.05) is 6.07 Å². The van der Waals surface area contributed by atoms with Gasteiger partial charge < -0.3 is 34.4 Å². The molecule has 0 bridgehead atoms. The number of nitrogens with one attached hydrogen (secondary N) is 1. The van der Waals surface area contributed by atoms with Gasteiger partial charge in [0.25, 0.3) is 5.91 Å². The van der Waals surface area contributed by atoms with Crippen LogP contribution in [0.3, 0.4) is 0 Å². The van der Waals surface area contributed by atoms with Crippen LogP contribution in [-0.4, -0.2) is 53.3 Å². The van der Waals surface area contributed by atoms with Crippen molar-refractivity contribution in [3.8, 4) is 34.5 Å². The van der Waals surface area contributed by atoms with Gasteiger partial charge in [-0.25, -0.2) is 9.67 Å². The van der Waals surface area contributed by atoms with Crippen LogP contribution in [0, 0.1) is 6.92 Å². The Kier molecular flexibility index (Phi) is 6.07. The highest BCUT2D eigenvalue weighted by molar-refractivity contribution is 6.05. The van der Waals surface area contributed by atoms with Crippen molar-refractivity contribution in [3.63, 3.8) is 0 Å². The number of amides is 1. The molecule has 2 aromatic heterocycles. The van der Waals surface area contributed by atoms with E-state index in [-0.39, 0.29) is 18.1 Å². The number of hydrogen-bond acceptors (Lipinski definition) is 10. The largest absolute Gasteiger partial charge is 0.493 e. The van der Waals surface area contributed by atoms with Gasteiger partial charge in [-0.1, -0.05) is 5.21 Å². The fourth-order valence-electron chi connectivity index (χ4n) is 3.72. The first kappa shape index (κ1) is 23.0. The summed E-state index contributed by atoms with van der Waals surface area (Å²) >= 11 is 0. The molecule has 0 spiro atoms. The van der Waals surface area contributed by atoms with Crippen LogP contribution in [0.1, 0.15) is 21.9 Å². The molecule has 186 valence electrons. The Balaban J connectivity index is 1.32. The molecule has 0 saturated heterocycles. The number of nitrogen functional groups attached to an aromatic ring is 1. The second-order valence-corrected chi connectivity index (χ2v) is 7.89. The molecule has 36 heavy (non-hydrogen) atoms. The topological polar surface area (TPSA) is 149 Å². The third kappa shape index (κ3) is 4.35. The van der Waals surface area contributed by atoms with E-state index in [1.165, 1.54) is 4.68 Å². The summed E-state index contributed by atoms with van der Waals surface area (Å²) in [4.78, 5) is 17.4. The highest BCUT2D eigenvalue weighted by Crippen LogP contribution is 2.34. The molecule has 0 atom stereocenters. The first-order valence-electron chi connectivity index (χ1n) is 11.1. The van der Waals surface area contributed by atoms with Gasteiger partial charge in [0.1, 0.15) is 24.7 Å². The summed E-state index contributed by atoms with van der Waals surface area (Å²) in [5, 5.41) is 10.8. The number of nitrogens with two attached hydrogens (primary N) is 1. The number of methoxy groups -OCH3 is 2. The molecule has 2 aromatic carbocycles. The Hall–Kier alpha value is -4.74. The van der Waals surface area contributed by atoms with Crippen LogP contribution >= 0.6 is 0 Å². The van der Waals surface area contributed by atoms with Gasteiger partial charge in [0.2, 0.25) is 5.89 Å². The number of ether oxygens (including phenoxy) is 4. The van der Waals surface area contributed by atoms with Crippen LogP contribution in [0.15, 0.2) is 40.8 Å². The standard InChI is InChI=1S/C24H24N6O6/c1-13-16(27-24(36-13)14-4-6-17(32-2)19(10-14)33-3)12-30-22(25)21(28-29-30)23(31)26-15-5-7-18-20(11-15)35-9-8-34-18/h4-7,10-11H,8-9,12,25H2,1-3H3,(H,26,31). The third-order valence-electron chi connectivity index (χ3n) is 5.61. The van der Waals surface area contributed by atoms with Crippen LogP contribution in [0.25, 0.3) is 11.5 Å². The highest BCUT2D eigenvalue weighted by Gasteiger charge is 2.21. The summed E-state index contributed by atoms with van der Waals surface area (Å²) in [5.74, 6) is 2.92. The van der Waals surface area contributed by atoms with Crippen molar-refractivity contribution >= 4 is 17.4 Å². The average molecular weight is 492 g/mol. The van der Waals surface area contributed by atoms with E-state index in [0.29, 0.717) is 64.8 Å². The summed E-state index contributed by atoms with van der Waals surface area (Å²) < 4.78 is 28.9. The lowest BCUT2D eigenvalue weighted by molar-refractivity contribution is 0.102. The second kappa shape index (κ2) is 9.49. The van der Waals surface area contributed by atoms with Crippen LogP contribution in [0.4, 0.5) is 11.5 Å². The molecule has 0 saturated carbocycles. The van der Waals surface area contributed by atoms with E-state index in [9.17, 15) is 4.79 Å². The van der Waals surface area contributed by atoms with Crippen molar-refractivity contribution in [1.29, 1.82) is 0 Å². The van der Waals surface area contributed by atoms with Gasteiger partial charge in [-0.15, -0.1) is 5.10 Å². The maximum atomic E-state index is 12.8. The molecule has 1 aliphatic heterocycles. The fraction of sp³-hybridized carbons (Fsp3) is 0.250. The number of benzene rings is 2. The predicted molar refractivity (Wildman–Crippen MR) is 129 cm³/mol. The summed E-state index contributed by atoms with van der Waals surface area (Å²) in [6, 6.07) is 10.5. The first-order valence-corrected chi connectivity index (χ1v) is 11.1. The summed E-state index contributed by atoms with van der Waals surface area (Å²) in [7, 11) is 3.13. The number of hydrogen-bond donors (Lipinski definition) is 2. The van der Waals surface area contributed by atoms with E-state index in [4.69, 9.17) is 29.1 Å². The third-order valence-corrected chi connectivity index (χ3v) is 5.61. The van der Waals surface area contributed by atoms with Gasteiger partial charge in [0.15, 0.2) is 34.5 Å². The van der Waals surface area contributed by atoms with Gasteiger partial charge in [-0.05, 0) is 37.3 Å². The monoisotopic (exact) mass is 492 g/mol. The van der Waals surface area contributed by atoms with Gasteiger partial charge in [0, 0.05) is 17.3 Å². The number of anilines is 2. The van der Waals surface area contributed by atoms with Crippen LogP contribution in [0.2, 0.25) is 0 Å². The molecule has 0 radical (unpaired) electrons. The molecule has 0 unspecified atom stereocenters. The minimum Gasteiger partial charge on any atom is -0.493 e. The number of rotatable bonds is 7. The Morgan fingerprint density at radius 2 is 1.86 bits per heavy atom. The molecule has 1 amide bonds. The van der Waals surface area contributed by atoms with Crippen molar-refractivity contribution in [2.24, 2.45) is 0 Å². The molecule has 0 fully saturated rings. The lowest BCUT2D eigenvalue weighted by atomic mass is 10.2. The lowest BCUT2D eigenvalue weighted by Crippen LogP contribution is -2.17. The molecule has 0 aliphatic carbocycles. The molecular weight excluding hydrogens is 468 g/mol. The molecular formula is C24H24N6O6. The normalized spacial score (nSPS) is 12.3. The van der Waals surface area contributed by atoms with Crippen molar-refractivity contribution < 1.29 is 28.2 Å². The number of carbonyl (C=O) groups is 1. The summed E-state index contributed by atoms with van der Waals surface area (Å²) in [5.41, 5.74) is 8.02. The molecule has 3 heterocycles. The lowest BCUT2D eigenvalue weighted by Gasteiger charge is -2.18. The Morgan fingerprint density at radius 1 is 1.08 bits per heavy atom. The smallest absolute Gasteiger partial charge is 0.280 e. The molecule has 12 heteroatoms. The zero-order valence-corrected chi connectivity index (χ0v) is 19.9. The molecule has 1 aliphatic rings. The predicted octanol–water partition coefficient (Wildman–Crippen LogP) is 2.91. The Morgan fingerprint density at radius 3 is 2.64 bits per heavy atom. The van der Waals surface area contributed by atoms with Crippen molar-refractivity contribution in [2.75, 3.05) is 38.5 Å². The number of fused-ring (bicyclic) bond motifs is 1. The van der Waals surface area contributed by atoms with Crippen LogP contribution in [0.5, 0.6) is 23.0 Å². The number of aromatic nitrogens is 4. The SMILES string of the molecule is COc1ccc(-c2nc(Cn3nnc(C(=O)Nc4ccc5c(c4)OCCO5)c3N)c(C)o2)cc1OC. The van der Waals surface area contributed by atoms with Gasteiger partial charge in [-0.3, -0.25) is 4.79 Å². The Labute approximate surface area is 205 Å². The van der Waals surface area contributed by atoms with Crippen molar-refractivity contribution in [2.45, 2.75) is 13.5 Å². The first-order chi connectivity index (χ1) is 17.5. The summed E-state index contributed by atoms with van der Waals surface area (Å²) in [6.07, 6.45) is 0.